The van der Waals surface area contributed by atoms with Gasteiger partial charge in [-0.3, -0.25) is 9.88 Å². The van der Waals surface area contributed by atoms with Crippen LogP contribution in [0.3, 0.4) is 0 Å². The number of benzene rings is 1. The molecule has 3 aromatic rings. The van der Waals surface area contributed by atoms with E-state index in [2.05, 4.69) is 21.5 Å². The van der Waals surface area contributed by atoms with Crippen molar-refractivity contribution >= 4 is 17.6 Å². The fraction of sp³-hybridized carbons (Fsp3) is 0.333. The smallest absolute Gasteiger partial charge is 0.414 e. The second-order valence-corrected chi connectivity index (χ2v) is 8.71. The van der Waals surface area contributed by atoms with Crippen molar-refractivity contribution in [3.63, 3.8) is 0 Å². The lowest BCUT2D eigenvalue weighted by atomic mass is 9.96. The molecule has 1 amide bonds. The van der Waals surface area contributed by atoms with Gasteiger partial charge in [0.05, 0.1) is 43.8 Å². The monoisotopic (exact) mass is 461 g/mol. The number of nitriles is 1. The Labute approximate surface area is 194 Å². The molecule has 2 aromatic heterocycles. The Hall–Kier alpha value is -3.97. The summed E-state index contributed by atoms with van der Waals surface area (Å²) in [5, 5.41) is 16.5. The second kappa shape index (κ2) is 7.81. The fourth-order valence-electron chi connectivity index (χ4n) is 5.02. The molecule has 0 bridgehead atoms. The number of hydrogen-bond donors (Lipinski definition) is 1. The van der Waals surface area contributed by atoms with Crippen LogP contribution >= 0.6 is 0 Å². The number of aromatic nitrogens is 2. The molecule has 6 rings (SSSR count). The molecular weight excluding hydrogens is 441 g/mol. The Kier molecular flexibility index (Phi) is 4.74. The molecule has 10 heteroatoms. The van der Waals surface area contributed by atoms with Crippen LogP contribution in [-0.4, -0.2) is 48.6 Å². The average molecular weight is 461 g/mol. The van der Waals surface area contributed by atoms with Gasteiger partial charge in [-0.15, -0.1) is 0 Å². The lowest BCUT2D eigenvalue weighted by Crippen LogP contribution is -2.27. The van der Waals surface area contributed by atoms with Crippen molar-refractivity contribution in [2.75, 3.05) is 36.5 Å². The first-order chi connectivity index (χ1) is 16.6. The summed E-state index contributed by atoms with van der Waals surface area (Å²) in [6.45, 7) is 1.79. The van der Waals surface area contributed by atoms with E-state index >= 15 is 4.39 Å². The first-order valence-corrected chi connectivity index (χ1v) is 11.0. The van der Waals surface area contributed by atoms with Crippen LogP contribution in [0.25, 0.3) is 11.1 Å². The highest BCUT2D eigenvalue weighted by Crippen LogP contribution is 2.62. The summed E-state index contributed by atoms with van der Waals surface area (Å²) in [7, 11) is 0. The first kappa shape index (κ1) is 20.6. The van der Waals surface area contributed by atoms with E-state index in [0.29, 0.717) is 48.1 Å². The number of nitrogens with zero attached hydrogens (tertiary/aromatic N) is 4. The van der Waals surface area contributed by atoms with Gasteiger partial charge in [0, 0.05) is 35.2 Å². The number of pyridine rings is 1. The van der Waals surface area contributed by atoms with Crippen LogP contribution in [0.15, 0.2) is 53.4 Å². The van der Waals surface area contributed by atoms with Crippen LogP contribution in [0.5, 0.6) is 0 Å². The van der Waals surface area contributed by atoms with E-state index in [0.717, 1.165) is 0 Å². The maximum atomic E-state index is 15.0. The van der Waals surface area contributed by atoms with Crippen LogP contribution in [-0.2, 0) is 14.9 Å². The third-order valence-corrected chi connectivity index (χ3v) is 6.91. The minimum Gasteiger partial charge on any atom is -0.442 e. The van der Waals surface area contributed by atoms with E-state index in [4.69, 9.17) is 14.0 Å². The summed E-state index contributed by atoms with van der Waals surface area (Å²) in [6, 6.07) is 12.3. The second-order valence-electron chi connectivity index (χ2n) is 8.71. The third-order valence-electron chi connectivity index (χ3n) is 6.91. The molecule has 2 aliphatic heterocycles. The molecule has 3 fully saturated rings. The van der Waals surface area contributed by atoms with Crippen LogP contribution < -0.4 is 10.2 Å². The number of hydrogen-bond acceptors (Lipinski definition) is 8. The van der Waals surface area contributed by atoms with Gasteiger partial charge in [-0.1, -0.05) is 11.2 Å². The standard InChI is InChI=1S/C24H20FN5O4/c25-20-7-15(30-10-16(34-23(30)31)9-28-22-5-6-33-29-22)2-3-17(20)14-1-4-21(27-8-14)24(13-26)18-11-32-12-19(18)24/h1-8,16,18-19H,9-12H2,(H,28,29)/t16-,18-,19+,24?/m0/s1. The summed E-state index contributed by atoms with van der Waals surface area (Å²) in [4.78, 5) is 18.2. The molecule has 0 radical (unpaired) electrons. The predicted molar refractivity (Wildman–Crippen MR) is 117 cm³/mol. The van der Waals surface area contributed by atoms with E-state index in [9.17, 15) is 10.1 Å². The number of rotatable bonds is 6. The van der Waals surface area contributed by atoms with Crippen molar-refractivity contribution in [1.29, 1.82) is 5.26 Å². The van der Waals surface area contributed by atoms with E-state index in [1.165, 1.54) is 17.2 Å². The van der Waals surface area contributed by atoms with Gasteiger partial charge in [0.2, 0.25) is 0 Å². The topological polar surface area (TPSA) is 114 Å². The van der Waals surface area contributed by atoms with Crippen molar-refractivity contribution < 1.29 is 23.2 Å². The molecule has 1 unspecified atom stereocenters. The molecule has 172 valence electrons. The molecule has 4 heterocycles. The molecule has 0 spiro atoms. The number of ether oxygens (including phenoxy) is 2. The maximum absolute atomic E-state index is 15.0. The number of amides is 1. The highest BCUT2D eigenvalue weighted by Gasteiger charge is 2.70. The molecule has 2 saturated heterocycles. The third kappa shape index (κ3) is 3.20. The number of carbonyl (C=O) groups is 1. The lowest BCUT2D eigenvalue weighted by Gasteiger charge is -2.15. The molecule has 3 aliphatic rings. The zero-order chi connectivity index (χ0) is 23.3. The molecule has 34 heavy (non-hydrogen) atoms. The van der Waals surface area contributed by atoms with Gasteiger partial charge in [0.25, 0.3) is 0 Å². The van der Waals surface area contributed by atoms with Crippen LogP contribution in [0.1, 0.15) is 5.69 Å². The number of fused-ring (bicyclic) bond motifs is 1. The van der Waals surface area contributed by atoms with E-state index in [1.54, 1.807) is 36.5 Å². The van der Waals surface area contributed by atoms with E-state index < -0.39 is 23.4 Å². The van der Waals surface area contributed by atoms with Gasteiger partial charge in [0.15, 0.2) is 5.82 Å². The highest BCUT2D eigenvalue weighted by molar-refractivity contribution is 5.90. The zero-order valence-corrected chi connectivity index (χ0v) is 18.0. The number of halogens is 1. The summed E-state index contributed by atoms with van der Waals surface area (Å²) in [5.74, 6) is 0.434. The first-order valence-electron chi connectivity index (χ1n) is 11.0. The van der Waals surface area contributed by atoms with Crippen LogP contribution in [0.2, 0.25) is 0 Å². The number of carbonyl (C=O) groups excluding carboxylic acids is 1. The van der Waals surface area contributed by atoms with E-state index in [-0.39, 0.29) is 18.4 Å². The minimum absolute atomic E-state index is 0.182. The Bertz CT molecular complexity index is 1260. The predicted octanol–water partition coefficient (Wildman–Crippen LogP) is 3.35. The fourth-order valence-corrected chi connectivity index (χ4v) is 5.02. The normalized spacial score (nSPS) is 27.2. The van der Waals surface area contributed by atoms with Gasteiger partial charge >= 0.3 is 6.09 Å². The molecule has 1 aliphatic carbocycles. The van der Waals surface area contributed by atoms with Crippen molar-refractivity contribution in [2.45, 2.75) is 11.5 Å². The Morgan fingerprint density at radius 1 is 1.24 bits per heavy atom. The summed E-state index contributed by atoms with van der Waals surface area (Å²) in [5.41, 5.74) is 1.49. The lowest BCUT2D eigenvalue weighted by molar-refractivity contribution is 0.147. The van der Waals surface area contributed by atoms with Crippen LogP contribution in [0.4, 0.5) is 20.7 Å². The zero-order valence-electron chi connectivity index (χ0n) is 18.0. The summed E-state index contributed by atoms with van der Waals surface area (Å²) < 4.78 is 30.6. The largest absolute Gasteiger partial charge is 0.442 e. The Morgan fingerprint density at radius 3 is 2.76 bits per heavy atom. The average Bonchev–Trinajstić information content (AvgIpc) is 3.38. The summed E-state index contributed by atoms with van der Waals surface area (Å²) in [6.07, 6.45) is 2.09. The van der Waals surface area contributed by atoms with Crippen LogP contribution in [0, 0.1) is 29.0 Å². The Balaban J connectivity index is 1.16. The molecular formula is C24H20FN5O4. The number of anilines is 2. The van der Waals surface area contributed by atoms with E-state index in [1.807, 2.05) is 0 Å². The molecule has 9 nitrogen and oxygen atoms in total. The van der Waals surface area contributed by atoms with Gasteiger partial charge < -0.3 is 19.3 Å². The molecule has 4 atom stereocenters. The highest BCUT2D eigenvalue weighted by atomic mass is 19.1. The van der Waals surface area contributed by atoms with Gasteiger partial charge in [0.1, 0.15) is 23.6 Å². The van der Waals surface area contributed by atoms with Gasteiger partial charge in [-0.2, -0.15) is 5.26 Å². The van der Waals surface area contributed by atoms with Crippen molar-refractivity contribution in [3.8, 4) is 17.2 Å². The number of cyclic esters (lactones) is 1. The molecule has 1 N–H and O–H groups in total. The molecule has 1 aromatic carbocycles. The summed E-state index contributed by atoms with van der Waals surface area (Å²) >= 11 is 0. The molecule has 1 saturated carbocycles. The quantitative estimate of drug-likeness (QED) is 0.595. The Morgan fingerprint density at radius 2 is 2.09 bits per heavy atom. The van der Waals surface area contributed by atoms with Gasteiger partial charge in [-0.05, 0) is 24.3 Å². The number of nitrogens with one attached hydrogen (secondary N) is 1. The SMILES string of the molecule is N#CC1(c2ccc(-c3ccc(N4C[C@H](CNc5ccon5)OC4=O)cc3F)cn2)[C@@H]2COC[C@@H]21. The van der Waals surface area contributed by atoms with Crippen molar-refractivity contribution in [1.82, 2.24) is 10.1 Å². The minimum atomic E-state index is -0.589. The van der Waals surface area contributed by atoms with Crippen molar-refractivity contribution in [3.05, 3.63) is 60.4 Å². The van der Waals surface area contributed by atoms with Crippen molar-refractivity contribution in [2.24, 2.45) is 11.8 Å². The van der Waals surface area contributed by atoms with Gasteiger partial charge in [-0.25, -0.2) is 9.18 Å². The maximum Gasteiger partial charge on any atom is 0.414 e.